The van der Waals surface area contributed by atoms with Crippen molar-refractivity contribution in [2.24, 2.45) is 0 Å². The van der Waals surface area contributed by atoms with Gasteiger partial charge in [0, 0.05) is 13.6 Å². The van der Waals surface area contributed by atoms with Crippen molar-refractivity contribution in [3.05, 3.63) is 35.9 Å². The summed E-state index contributed by atoms with van der Waals surface area (Å²) in [5.74, 6) is 0.605. The first kappa shape index (κ1) is 8.68. The maximum Gasteiger partial charge on any atom is 0.265 e. The Morgan fingerprint density at radius 2 is 2.07 bits per heavy atom. The van der Waals surface area contributed by atoms with E-state index in [-0.39, 0.29) is 0 Å². The number of anilines is 1. The van der Waals surface area contributed by atoms with E-state index in [0.29, 0.717) is 5.95 Å². The molecule has 14 heavy (non-hydrogen) atoms. The number of hydrogen-bond donors (Lipinski definition) is 1. The van der Waals surface area contributed by atoms with Crippen LogP contribution in [-0.2, 0) is 6.54 Å². The molecule has 5 heteroatoms. The van der Waals surface area contributed by atoms with Crippen LogP contribution in [0, 0.1) is 0 Å². The number of tetrazole rings is 1. The van der Waals surface area contributed by atoms with E-state index in [1.807, 2.05) is 30.1 Å². The van der Waals surface area contributed by atoms with Crippen LogP contribution in [-0.4, -0.2) is 27.7 Å². The summed E-state index contributed by atoms with van der Waals surface area (Å²) in [7, 11) is 1.93. The van der Waals surface area contributed by atoms with Crippen molar-refractivity contribution < 1.29 is 0 Å². The molecule has 2 rings (SSSR count). The second kappa shape index (κ2) is 3.87. The van der Waals surface area contributed by atoms with Gasteiger partial charge in [-0.25, -0.2) is 0 Å². The molecular formula is C9H11N5. The summed E-state index contributed by atoms with van der Waals surface area (Å²) in [5.41, 5.74) is 1.22. The van der Waals surface area contributed by atoms with Crippen molar-refractivity contribution in [1.29, 1.82) is 0 Å². The van der Waals surface area contributed by atoms with E-state index in [0.717, 1.165) is 6.54 Å². The molecule has 0 atom stereocenters. The van der Waals surface area contributed by atoms with Crippen LogP contribution in [0.2, 0.25) is 0 Å². The fraction of sp³-hybridized carbons (Fsp3) is 0.222. The van der Waals surface area contributed by atoms with Gasteiger partial charge in [-0.2, -0.15) is 5.21 Å². The largest absolute Gasteiger partial charge is 0.337 e. The molecule has 0 unspecified atom stereocenters. The maximum atomic E-state index is 3.89. The van der Waals surface area contributed by atoms with Crippen LogP contribution >= 0.6 is 0 Å². The Hall–Kier alpha value is -1.91. The number of rotatable bonds is 3. The third-order valence-corrected chi connectivity index (χ3v) is 1.94. The van der Waals surface area contributed by atoms with Gasteiger partial charge in [-0.15, -0.1) is 5.10 Å². The van der Waals surface area contributed by atoms with Crippen LogP contribution in [0.4, 0.5) is 5.95 Å². The molecular weight excluding hydrogens is 178 g/mol. The van der Waals surface area contributed by atoms with Crippen LogP contribution in [0.25, 0.3) is 0 Å². The molecule has 0 saturated carbocycles. The highest BCUT2D eigenvalue weighted by molar-refractivity contribution is 5.28. The van der Waals surface area contributed by atoms with E-state index >= 15 is 0 Å². The highest BCUT2D eigenvalue weighted by Gasteiger charge is 2.04. The Morgan fingerprint density at radius 1 is 1.29 bits per heavy atom. The molecule has 0 aliphatic rings. The lowest BCUT2D eigenvalue weighted by molar-refractivity contribution is 0.870. The lowest BCUT2D eigenvalue weighted by atomic mass is 10.2. The normalized spacial score (nSPS) is 10.1. The minimum Gasteiger partial charge on any atom is -0.337 e. The van der Waals surface area contributed by atoms with Gasteiger partial charge in [-0.1, -0.05) is 35.4 Å². The van der Waals surface area contributed by atoms with Gasteiger partial charge in [-0.05, 0) is 10.8 Å². The number of benzene rings is 1. The summed E-state index contributed by atoms with van der Waals surface area (Å²) in [5, 5.41) is 13.7. The Bertz CT molecular complexity index is 369. The minimum atomic E-state index is 0.605. The molecule has 0 saturated heterocycles. The van der Waals surface area contributed by atoms with Crippen LogP contribution in [0.5, 0.6) is 0 Å². The van der Waals surface area contributed by atoms with Crippen LogP contribution in [0.1, 0.15) is 5.56 Å². The number of aromatic amines is 1. The summed E-state index contributed by atoms with van der Waals surface area (Å²) in [6, 6.07) is 10.2. The molecule has 5 nitrogen and oxygen atoms in total. The van der Waals surface area contributed by atoms with Crippen molar-refractivity contribution in [1.82, 2.24) is 20.6 Å². The fourth-order valence-corrected chi connectivity index (χ4v) is 1.25. The van der Waals surface area contributed by atoms with E-state index in [1.54, 1.807) is 0 Å². The van der Waals surface area contributed by atoms with E-state index in [9.17, 15) is 0 Å². The summed E-state index contributed by atoms with van der Waals surface area (Å²) in [4.78, 5) is 1.93. The fourth-order valence-electron chi connectivity index (χ4n) is 1.25. The second-order valence-corrected chi connectivity index (χ2v) is 3.05. The summed E-state index contributed by atoms with van der Waals surface area (Å²) in [6.45, 7) is 0.778. The second-order valence-electron chi connectivity index (χ2n) is 3.05. The Morgan fingerprint density at radius 3 is 2.71 bits per heavy atom. The minimum absolute atomic E-state index is 0.605. The molecule has 1 aromatic heterocycles. The highest BCUT2D eigenvalue weighted by Crippen LogP contribution is 2.07. The van der Waals surface area contributed by atoms with Gasteiger partial charge in [0.25, 0.3) is 5.95 Å². The van der Waals surface area contributed by atoms with E-state index in [4.69, 9.17) is 0 Å². The monoisotopic (exact) mass is 189 g/mol. The van der Waals surface area contributed by atoms with Crippen LogP contribution in [0.3, 0.4) is 0 Å². The van der Waals surface area contributed by atoms with Gasteiger partial charge in [0.2, 0.25) is 0 Å². The summed E-state index contributed by atoms with van der Waals surface area (Å²) >= 11 is 0. The number of H-pyrrole nitrogens is 1. The number of nitrogens with one attached hydrogen (secondary N) is 1. The van der Waals surface area contributed by atoms with E-state index in [2.05, 4.69) is 32.8 Å². The molecule has 2 aromatic rings. The van der Waals surface area contributed by atoms with Gasteiger partial charge in [-0.3, -0.25) is 0 Å². The number of nitrogens with zero attached hydrogens (tertiary/aromatic N) is 4. The van der Waals surface area contributed by atoms with Gasteiger partial charge in [0.15, 0.2) is 0 Å². The predicted molar refractivity (Wildman–Crippen MR) is 52.7 cm³/mol. The summed E-state index contributed by atoms with van der Waals surface area (Å²) < 4.78 is 0. The molecule has 1 aromatic carbocycles. The van der Waals surface area contributed by atoms with Crippen molar-refractivity contribution in [2.75, 3.05) is 11.9 Å². The van der Waals surface area contributed by atoms with E-state index < -0.39 is 0 Å². The number of hydrogen-bond acceptors (Lipinski definition) is 4. The maximum absolute atomic E-state index is 3.89. The SMILES string of the molecule is CN(Cc1ccccc1)c1nn[nH]n1. The van der Waals surface area contributed by atoms with Gasteiger partial charge >= 0.3 is 0 Å². The molecule has 0 aliphatic heterocycles. The molecule has 0 aliphatic carbocycles. The van der Waals surface area contributed by atoms with Crippen molar-refractivity contribution >= 4 is 5.95 Å². The van der Waals surface area contributed by atoms with Crippen molar-refractivity contribution in [2.45, 2.75) is 6.54 Å². The first-order chi connectivity index (χ1) is 6.86. The molecule has 72 valence electrons. The smallest absolute Gasteiger partial charge is 0.265 e. The summed E-state index contributed by atoms with van der Waals surface area (Å²) in [6.07, 6.45) is 0. The Balaban J connectivity index is 2.06. The first-order valence-corrected chi connectivity index (χ1v) is 4.35. The zero-order chi connectivity index (χ0) is 9.80. The standard InChI is InChI=1S/C9H11N5/c1-14(9-10-12-13-11-9)7-8-5-3-2-4-6-8/h2-6H,7H2,1H3,(H,10,11,12,13). The molecule has 0 bridgehead atoms. The van der Waals surface area contributed by atoms with Crippen LogP contribution < -0.4 is 4.90 Å². The molecule has 0 fully saturated rings. The molecule has 1 N–H and O–H groups in total. The quantitative estimate of drug-likeness (QED) is 0.777. The average molecular weight is 189 g/mol. The zero-order valence-corrected chi connectivity index (χ0v) is 7.88. The van der Waals surface area contributed by atoms with Crippen molar-refractivity contribution in [3.8, 4) is 0 Å². The molecule has 1 heterocycles. The van der Waals surface area contributed by atoms with Gasteiger partial charge in [0.05, 0.1) is 0 Å². The lowest BCUT2D eigenvalue weighted by Gasteiger charge is -2.13. The van der Waals surface area contributed by atoms with Crippen molar-refractivity contribution in [3.63, 3.8) is 0 Å². The third kappa shape index (κ3) is 1.87. The molecule has 0 spiro atoms. The Kier molecular flexibility index (Phi) is 2.40. The number of aromatic nitrogens is 4. The van der Waals surface area contributed by atoms with Gasteiger partial charge < -0.3 is 4.90 Å². The average Bonchev–Trinajstić information content (AvgIpc) is 2.72. The topological polar surface area (TPSA) is 57.7 Å². The van der Waals surface area contributed by atoms with Crippen LogP contribution in [0.15, 0.2) is 30.3 Å². The lowest BCUT2D eigenvalue weighted by Crippen LogP contribution is -2.17. The third-order valence-electron chi connectivity index (χ3n) is 1.94. The zero-order valence-electron chi connectivity index (χ0n) is 7.88. The molecule has 0 amide bonds. The predicted octanol–water partition coefficient (Wildman–Crippen LogP) is 0.836. The first-order valence-electron chi connectivity index (χ1n) is 4.35. The van der Waals surface area contributed by atoms with Gasteiger partial charge in [0.1, 0.15) is 0 Å². The highest BCUT2D eigenvalue weighted by atomic mass is 15.5. The molecule has 0 radical (unpaired) electrons. The van der Waals surface area contributed by atoms with E-state index in [1.165, 1.54) is 5.56 Å². The Labute approximate surface area is 81.8 Å².